The molecule has 1 aliphatic carbocycles. The summed E-state index contributed by atoms with van der Waals surface area (Å²) in [5.41, 5.74) is 1.24. The van der Waals surface area contributed by atoms with Crippen molar-refractivity contribution in [2.24, 2.45) is 5.92 Å². The first kappa shape index (κ1) is 13.4. The molecule has 0 aromatic carbocycles. The Balaban J connectivity index is 1.55. The minimum Gasteiger partial charge on any atom is -0.481 e. The standard InChI is InChI=1S/C14H18N2O3S/c17-13(18)9-1-2-11(7-9)15-14(19)16-5-3-12-10(8-16)4-6-20-12/h4,6,9,11H,1-3,5,7-8H2,(H,15,19)(H,17,18)/t9-,11+/m1/s1. The molecule has 0 bridgehead atoms. The van der Waals surface area contributed by atoms with Gasteiger partial charge in [-0.3, -0.25) is 4.79 Å². The van der Waals surface area contributed by atoms with Gasteiger partial charge in [0.05, 0.1) is 5.92 Å². The number of rotatable bonds is 2. The maximum Gasteiger partial charge on any atom is 0.317 e. The maximum atomic E-state index is 12.2. The molecule has 0 radical (unpaired) electrons. The Morgan fingerprint density at radius 3 is 3.00 bits per heavy atom. The number of aliphatic carboxylic acids is 1. The van der Waals surface area contributed by atoms with Gasteiger partial charge in [-0.05, 0) is 42.7 Å². The highest BCUT2D eigenvalue weighted by atomic mass is 32.1. The van der Waals surface area contributed by atoms with Crippen LogP contribution in [-0.2, 0) is 17.8 Å². The molecule has 2 heterocycles. The van der Waals surface area contributed by atoms with E-state index < -0.39 is 5.97 Å². The molecule has 1 fully saturated rings. The van der Waals surface area contributed by atoms with Crippen molar-refractivity contribution < 1.29 is 14.7 Å². The van der Waals surface area contributed by atoms with Gasteiger partial charge in [-0.15, -0.1) is 11.3 Å². The SMILES string of the molecule is O=C(O)[C@@H]1CC[C@H](NC(=O)N2CCc3sccc3C2)C1. The molecule has 2 amide bonds. The Bertz CT molecular complexity index is 528. The summed E-state index contributed by atoms with van der Waals surface area (Å²) in [6.07, 6.45) is 2.90. The van der Waals surface area contributed by atoms with E-state index >= 15 is 0 Å². The van der Waals surface area contributed by atoms with E-state index in [1.807, 2.05) is 4.90 Å². The summed E-state index contributed by atoms with van der Waals surface area (Å²) in [6.45, 7) is 1.41. The van der Waals surface area contributed by atoms with Gasteiger partial charge < -0.3 is 15.3 Å². The van der Waals surface area contributed by atoms with Crippen LogP contribution in [0.5, 0.6) is 0 Å². The molecule has 5 nitrogen and oxygen atoms in total. The second-order valence-corrected chi connectivity index (χ2v) is 6.54. The molecule has 6 heteroatoms. The fourth-order valence-electron chi connectivity index (χ4n) is 3.02. The van der Waals surface area contributed by atoms with Crippen LogP contribution in [0.25, 0.3) is 0 Å². The fourth-order valence-corrected chi connectivity index (χ4v) is 3.91. The summed E-state index contributed by atoms with van der Waals surface area (Å²) in [6, 6.07) is 2.03. The van der Waals surface area contributed by atoms with Crippen molar-refractivity contribution in [3.63, 3.8) is 0 Å². The molecule has 0 spiro atoms. The van der Waals surface area contributed by atoms with Crippen LogP contribution in [0.1, 0.15) is 29.7 Å². The third-order valence-electron chi connectivity index (χ3n) is 4.20. The minimum absolute atomic E-state index is 0.00692. The van der Waals surface area contributed by atoms with Crippen LogP contribution in [0.15, 0.2) is 11.4 Å². The van der Waals surface area contributed by atoms with Gasteiger partial charge in [0.1, 0.15) is 0 Å². The van der Waals surface area contributed by atoms with Gasteiger partial charge in [0.2, 0.25) is 0 Å². The summed E-state index contributed by atoms with van der Waals surface area (Å²) in [7, 11) is 0. The first-order chi connectivity index (χ1) is 9.63. The summed E-state index contributed by atoms with van der Waals surface area (Å²) >= 11 is 1.75. The van der Waals surface area contributed by atoms with E-state index in [0.29, 0.717) is 19.4 Å². The zero-order chi connectivity index (χ0) is 14.1. The third kappa shape index (κ3) is 2.65. The average Bonchev–Trinajstić information content (AvgIpc) is 3.05. The van der Waals surface area contributed by atoms with Crippen molar-refractivity contribution in [3.05, 3.63) is 21.9 Å². The van der Waals surface area contributed by atoms with Crippen molar-refractivity contribution in [2.45, 2.75) is 38.3 Å². The van der Waals surface area contributed by atoms with E-state index in [4.69, 9.17) is 5.11 Å². The molecule has 2 atom stereocenters. The molecule has 2 aliphatic rings. The lowest BCUT2D eigenvalue weighted by atomic mass is 10.1. The topological polar surface area (TPSA) is 69.6 Å². The van der Waals surface area contributed by atoms with Gasteiger partial charge in [0, 0.05) is 24.0 Å². The Labute approximate surface area is 121 Å². The van der Waals surface area contributed by atoms with E-state index in [1.54, 1.807) is 11.3 Å². The first-order valence-corrected chi connectivity index (χ1v) is 7.85. The molecule has 1 aromatic heterocycles. The van der Waals surface area contributed by atoms with Crippen LogP contribution in [0.4, 0.5) is 4.79 Å². The van der Waals surface area contributed by atoms with Crippen LogP contribution in [0.2, 0.25) is 0 Å². The second-order valence-electron chi connectivity index (χ2n) is 5.54. The zero-order valence-electron chi connectivity index (χ0n) is 11.2. The number of nitrogens with zero attached hydrogens (tertiary/aromatic N) is 1. The van der Waals surface area contributed by atoms with Gasteiger partial charge in [-0.2, -0.15) is 0 Å². The first-order valence-electron chi connectivity index (χ1n) is 6.97. The summed E-state index contributed by atoms with van der Waals surface area (Å²) in [5, 5.41) is 14.0. The lowest BCUT2D eigenvalue weighted by Crippen LogP contribution is -2.45. The Kier molecular flexibility index (Phi) is 3.65. The van der Waals surface area contributed by atoms with Crippen LogP contribution in [-0.4, -0.2) is 34.6 Å². The van der Waals surface area contributed by atoms with Gasteiger partial charge >= 0.3 is 12.0 Å². The molecule has 108 valence electrons. The van der Waals surface area contributed by atoms with Crippen molar-refractivity contribution in [2.75, 3.05) is 6.54 Å². The third-order valence-corrected chi connectivity index (χ3v) is 5.23. The normalized spacial score (nSPS) is 25.3. The van der Waals surface area contributed by atoms with Crippen LogP contribution in [0, 0.1) is 5.92 Å². The largest absolute Gasteiger partial charge is 0.481 e. The number of nitrogens with one attached hydrogen (secondary N) is 1. The van der Waals surface area contributed by atoms with Gasteiger partial charge in [0.15, 0.2) is 0 Å². The number of hydrogen-bond acceptors (Lipinski definition) is 3. The molecule has 1 saturated carbocycles. The van der Waals surface area contributed by atoms with E-state index in [0.717, 1.165) is 19.4 Å². The summed E-state index contributed by atoms with van der Waals surface area (Å²) < 4.78 is 0. The number of hydrogen-bond donors (Lipinski definition) is 2. The monoisotopic (exact) mass is 294 g/mol. The molecule has 0 saturated heterocycles. The lowest BCUT2D eigenvalue weighted by Gasteiger charge is -2.28. The number of amides is 2. The number of thiophene rings is 1. The van der Waals surface area contributed by atoms with Crippen molar-refractivity contribution >= 4 is 23.3 Å². The molecular weight excluding hydrogens is 276 g/mol. The summed E-state index contributed by atoms with van der Waals surface area (Å²) in [4.78, 5) is 26.4. The second kappa shape index (κ2) is 5.44. The van der Waals surface area contributed by atoms with E-state index in [9.17, 15) is 9.59 Å². The van der Waals surface area contributed by atoms with Gasteiger partial charge in [-0.25, -0.2) is 4.79 Å². The van der Waals surface area contributed by atoms with Gasteiger partial charge in [-0.1, -0.05) is 0 Å². The minimum atomic E-state index is -0.748. The van der Waals surface area contributed by atoms with Crippen molar-refractivity contribution in [1.29, 1.82) is 0 Å². The van der Waals surface area contributed by atoms with Crippen molar-refractivity contribution in [1.82, 2.24) is 10.2 Å². The van der Waals surface area contributed by atoms with E-state index in [1.165, 1.54) is 10.4 Å². The number of carbonyl (C=O) groups excluding carboxylic acids is 1. The highest BCUT2D eigenvalue weighted by molar-refractivity contribution is 7.10. The number of fused-ring (bicyclic) bond motifs is 1. The van der Waals surface area contributed by atoms with E-state index in [-0.39, 0.29) is 18.0 Å². The van der Waals surface area contributed by atoms with E-state index in [2.05, 4.69) is 16.8 Å². The predicted octanol–water partition coefficient (Wildman–Crippen LogP) is 2.07. The molecule has 2 N–H and O–H groups in total. The smallest absolute Gasteiger partial charge is 0.317 e. The van der Waals surface area contributed by atoms with Crippen LogP contribution >= 0.6 is 11.3 Å². The quantitative estimate of drug-likeness (QED) is 0.877. The highest BCUT2D eigenvalue weighted by Gasteiger charge is 2.32. The Morgan fingerprint density at radius 1 is 1.40 bits per heavy atom. The number of carbonyl (C=O) groups is 2. The average molecular weight is 294 g/mol. The molecule has 0 unspecified atom stereocenters. The number of urea groups is 1. The number of carboxylic acid groups (broad SMARTS) is 1. The zero-order valence-corrected chi connectivity index (χ0v) is 12.0. The molecule has 1 aliphatic heterocycles. The Morgan fingerprint density at radius 2 is 2.25 bits per heavy atom. The molecular formula is C14H18N2O3S. The highest BCUT2D eigenvalue weighted by Crippen LogP contribution is 2.27. The molecule has 20 heavy (non-hydrogen) atoms. The lowest BCUT2D eigenvalue weighted by molar-refractivity contribution is -0.141. The number of carboxylic acids is 1. The Hall–Kier alpha value is -1.56. The van der Waals surface area contributed by atoms with Crippen LogP contribution in [0.3, 0.4) is 0 Å². The molecule has 1 aromatic rings. The van der Waals surface area contributed by atoms with Crippen molar-refractivity contribution in [3.8, 4) is 0 Å². The fraction of sp³-hybridized carbons (Fsp3) is 0.571. The van der Waals surface area contributed by atoms with Crippen LogP contribution < -0.4 is 5.32 Å². The summed E-state index contributed by atoms with van der Waals surface area (Å²) in [5.74, 6) is -1.05. The van der Waals surface area contributed by atoms with Gasteiger partial charge in [0.25, 0.3) is 0 Å². The maximum absolute atomic E-state index is 12.2. The molecule has 3 rings (SSSR count). The predicted molar refractivity (Wildman–Crippen MR) is 75.7 cm³/mol.